The zero-order valence-corrected chi connectivity index (χ0v) is 8.26. The Labute approximate surface area is 70.5 Å². The van der Waals surface area contributed by atoms with Gasteiger partial charge in [-0.15, -0.1) is 0 Å². The predicted octanol–water partition coefficient (Wildman–Crippen LogP) is 3.24. The Bertz CT molecular complexity index is 141. The van der Waals surface area contributed by atoms with Crippen molar-refractivity contribution in [2.45, 2.75) is 27.7 Å². The van der Waals surface area contributed by atoms with Gasteiger partial charge in [-0.25, -0.2) is 0 Å². The van der Waals surface area contributed by atoms with Crippen molar-refractivity contribution in [2.75, 3.05) is 7.05 Å². The van der Waals surface area contributed by atoms with Gasteiger partial charge in [-0.3, -0.25) is 4.99 Å². The average molecular weight is 153 g/mol. The molecule has 0 aromatic heterocycles. The van der Waals surface area contributed by atoms with Gasteiger partial charge >= 0.3 is 0 Å². The van der Waals surface area contributed by atoms with Gasteiger partial charge in [0.25, 0.3) is 0 Å². The molecule has 0 aliphatic carbocycles. The minimum Gasteiger partial charge on any atom is -0.296 e. The maximum atomic E-state index is 3.86. The van der Waals surface area contributed by atoms with Crippen LogP contribution in [0, 0.1) is 0 Å². The third-order valence-electron chi connectivity index (χ3n) is 0.884. The Balaban J connectivity index is 0. The average Bonchev–Trinajstić information content (AvgIpc) is 2.05. The molecule has 64 valence electrons. The summed E-state index contributed by atoms with van der Waals surface area (Å²) in [4.78, 5) is 3.86. The van der Waals surface area contributed by atoms with E-state index in [2.05, 4.69) is 4.99 Å². The fourth-order valence-electron chi connectivity index (χ4n) is 0.495. The first-order valence-corrected chi connectivity index (χ1v) is 4.03. The first-order chi connectivity index (χ1) is 5.31. The van der Waals surface area contributed by atoms with Crippen LogP contribution < -0.4 is 0 Å². The third kappa shape index (κ3) is 12.4. The second-order valence-electron chi connectivity index (χ2n) is 1.82. The van der Waals surface area contributed by atoms with Crippen LogP contribution in [-0.2, 0) is 0 Å². The molecule has 11 heavy (non-hydrogen) atoms. The predicted molar refractivity (Wildman–Crippen MR) is 54.3 cm³/mol. The molecule has 0 N–H and O–H groups in total. The molecule has 0 unspecified atom stereocenters. The van der Waals surface area contributed by atoms with Gasteiger partial charge in [-0.2, -0.15) is 0 Å². The van der Waals surface area contributed by atoms with E-state index in [-0.39, 0.29) is 0 Å². The highest BCUT2D eigenvalue weighted by Crippen LogP contribution is 1.87. The van der Waals surface area contributed by atoms with Crippen LogP contribution in [0.25, 0.3) is 0 Å². The molecule has 0 spiro atoms. The highest BCUT2D eigenvalue weighted by Gasteiger charge is 1.74. The van der Waals surface area contributed by atoms with Gasteiger partial charge in [0.05, 0.1) is 0 Å². The Kier molecular flexibility index (Phi) is 13.8. The molecule has 1 nitrogen and oxygen atoms in total. The quantitative estimate of drug-likeness (QED) is 0.426. The van der Waals surface area contributed by atoms with E-state index in [4.69, 9.17) is 0 Å². The smallest absolute Gasteiger partial charge is 0.0277 e. The highest BCUT2D eigenvalue weighted by molar-refractivity contribution is 5.77. The highest BCUT2D eigenvalue weighted by atomic mass is 14.6. The first kappa shape index (κ1) is 12.8. The summed E-state index contributed by atoms with van der Waals surface area (Å²) < 4.78 is 0. The minimum atomic E-state index is 1.18. The molecule has 0 fully saturated rings. The number of nitrogens with zero attached hydrogens (tertiary/aromatic N) is 1. The first-order valence-electron chi connectivity index (χ1n) is 4.03. The van der Waals surface area contributed by atoms with Gasteiger partial charge in [-0.05, 0) is 19.4 Å². The third-order valence-corrected chi connectivity index (χ3v) is 0.884. The van der Waals surface area contributed by atoms with Crippen LogP contribution in [0.5, 0.6) is 0 Å². The summed E-state index contributed by atoms with van der Waals surface area (Å²) in [6.45, 7) is 8.01. The van der Waals surface area contributed by atoms with E-state index in [0.717, 1.165) is 0 Å². The second-order valence-corrected chi connectivity index (χ2v) is 1.82. The van der Waals surface area contributed by atoms with Crippen molar-refractivity contribution in [3.05, 3.63) is 23.8 Å². The maximum absolute atomic E-state index is 3.86. The number of rotatable bonds is 2. The molecule has 1 heteroatoms. The Morgan fingerprint density at radius 1 is 1.27 bits per heavy atom. The van der Waals surface area contributed by atoms with Gasteiger partial charge < -0.3 is 0 Å². The molecule has 0 aliphatic rings. The van der Waals surface area contributed by atoms with Crippen LogP contribution >= 0.6 is 0 Å². The van der Waals surface area contributed by atoms with E-state index in [1.165, 1.54) is 5.57 Å². The zero-order chi connectivity index (χ0) is 9.11. The van der Waals surface area contributed by atoms with Gasteiger partial charge in [0.15, 0.2) is 0 Å². The lowest BCUT2D eigenvalue weighted by atomic mass is 10.3. The lowest BCUT2D eigenvalue weighted by Crippen LogP contribution is -1.73. The number of hydrogen-bond donors (Lipinski definition) is 0. The molecule has 0 saturated carbocycles. The van der Waals surface area contributed by atoms with E-state index in [1.807, 2.05) is 52.1 Å². The van der Waals surface area contributed by atoms with Crippen molar-refractivity contribution in [1.29, 1.82) is 0 Å². The van der Waals surface area contributed by atoms with Gasteiger partial charge in [-0.1, -0.05) is 32.1 Å². The fraction of sp³-hybridized carbons (Fsp3) is 0.500. The monoisotopic (exact) mass is 153 g/mol. The summed E-state index contributed by atoms with van der Waals surface area (Å²) in [5.41, 5.74) is 1.18. The fourth-order valence-corrected chi connectivity index (χ4v) is 0.495. The Morgan fingerprint density at radius 3 is 2.18 bits per heavy atom. The van der Waals surface area contributed by atoms with Crippen molar-refractivity contribution in [1.82, 2.24) is 0 Å². The van der Waals surface area contributed by atoms with Crippen LogP contribution in [0.2, 0.25) is 0 Å². The van der Waals surface area contributed by atoms with Crippen molar-refractivity contribution in [3.8, 4) is 0 Å². The largest absolute Gasteiger partial charge is 0.296 e. The van der Waals surface area contributed by atoms with Gasteiger partial charge in [0.1, 0.15) is 0 Å². The SMILES string of the molecule is C/C=C/C=C(/C)C=NC.CC. The number of allylic oxidation sites excluding steroid dienone is 4. The number of aliphatic imine (C=N–C) groups is 1. The Morgan fingerprint density at radius 2 is 1.82 bits per heavy atom. The molecule has 0 aliphatic heterocycles. The van der Waals surface area contributed by atoms with E-state index in [1.54, 1.807) is 7.05 Å². The summed E-state index contributed by atoms with van der Waals surface area (Å²) in [6.07, 6.45) is 7.84. The Hall–Kier alpha value is -0.850. The lowest BCUT2D eigenvalue weighted by Gasteiger charge is -1.83. The summed E-state index contributed by atoms with van der Waals surface area (Å²) in [5, 5.41) is 0. The number of hydrogen-bond acceptors (Lipinski definition) is 1. The van der Waals surface area contributed by atoms with Crippen LogP contribution in [-0.4, -0.2) is 13.3 Å². The maximum Gasteiger partial charge on any atom is 0.0277 e. The minimum absolute atomic E-state index is 1.18. The van der Waals surface area contributed by atoms with Crippen LogP contribution in [0.4, 0.5) is 0 Å². The zero-order valence-electron chi connectivity index (χ0n) is 8.26. The van der Waals surface area contributed by atoms with E-state index < -0.39 is 0 Å². The molecule has 0 amide bonds. The van der Waals surface area contributed by atoms with Crippen molar-refractivity contribution in [3.63, 3.8) is 0 Å². The second kappa shape index (κ2) is 11.9. The van der Waals surface area contributed by atoms with Gasteiger partial charge in [0.2, 0.25) is 0 Å². The molecule has 0 bridgehead atoms. The van der Waals surface area contributed by atoms with Gasteiger partial charge in [0, 0.05) is 13.3 Å². The normalized spacial score (nSPS) is 11.9. The molecule has 0 atom stereocenters. The van der Waals surface area contributed by atoms with Crippen LogP contribution in [0.3, 0.4) is 0 Å². The van der Waals surface area contributed by atoms with E-state index in [9.17, 15) is 0 Å². The summed E-state index contributed by atoms with van der Waals surface area (Å²) in [6, 6.07) is 0. The molecule has 0 saturated heterocycles. The van der Waals surface area contributed by atoms with E-state index in [0.29, 0.717) is 0 Å². The van der Waals surface area contributed by atoms with Crippen molar-refractivity contribution < 1.29 is 0 Å². The van der Waals surface area contributed by atoms with Crippen LogP contribution in [0.1, 0.15) is 27.7 Å². The van der Waals surface area contributed by atoms with E-state index >= 15 is 0 Å². The van der Waals surface area contributed by atoms with Crippen LogP contribution in [0.15, 0.2) is 28.8 Å². The molecule has 0 rings (SSSR count). The van der Waals surface area contributed by atoms with Crippen molar-refractivity contribution in [2.24, 2.45) is 4.99 Å². The summed E-state index contributed by atoms with van der Waals surface area (Å²) in [5.74, 6) is 0. The molecule has 0 aromatic rings. The molecule has 0 heterocycles. The summed E-state index contributed by atoms with van der Waals surface area (Å²) >= 11 is 0. The standard InChI is InChI=1S/C8H13N.C2H6/c1-4-5-6-8(2)7-9-3;1-2/h4-7H,1-3H3;1-2H3/b5-4+,8-6-,9-7?;. The molecule has 0 radical (unpaired) electrons. The molecular formula is C10H19N. The lowest BCUT2D eigenvalue weighted by molar-refractivity contribution is 1.44. The summed E-state index contributed by atoms with van der Waals surface area (Å²) in [7, 11) is 1.77. The molecular weight excluding hydrogens is 134 g/mol. The van der Waals surface area contributed by atoms with Crippen molar-refractivity contribution >= 4 is 6.21 Å². The molecule has 0 aromatic carbocycles. The topological polar surface area (TPSA) is 12.4 Å².